The fourth-order valence-electron chi connectivity index (χ4n) is 2.53. The second-order valence-corrected chi connectivity index (χ2v) is 5.07. The smallest absolute Gasteiger partial charge is 0.370 e. The van der Waals surface area contributed by atoms with Crippen molar-refractivity contribution in [1.29, 1.82) is 0 Å². The summed E-state index contributed by atoms with van der Waals surface area (Å²) < 4.78 is 39.5. The van der Waals surface area contributed by atoms with Crippen molar-refractivity contribution in [2.24, 2.45) is 0 Å². The van der Waals surface area contributed by atoms with E-state index in [1.165, 1.54) is 6.07 Å². The van der Waals surface area contributed by atoms with Crippen LogP contribution in [-0.2, 0) is 6.18 Å². The van der Waals surface area contributed by atoms with Crippen LogP contribution in [0.2, 0.25) is 0 Å². The van der Waals surface area contributed by atoms with E-state index in [-0.39, 0.29) is 11.7 Å². The monoisotopic (exact) mass is 303 g/mol. The van der Waals surface area contributed by atoms with Gasteiger partial charge in [-0.05, 0) is 25.5 Å². The predicted molar refractivity (Wildman–Crippen MR) is 72.4 cm³/mol. The number of benzene rings is 1. The number of nitrogens with one attached hydrogen (secondary N) is 1. The minimum atomic E-state index is -4.63. The molecule has 0 spiro atoms. The van der Waals surface area contributed by atoms with Crippen molar-refractivity contribution in [3.05, 3.63) is 33.9 Å². The molecule has 0 aromatic heterocycles. The summed E-state index contributed by atoms with van der Waals surface area (Å²) in [5.41, 5.74) is -1.55. The molecular weight excluding hydrogens is 287 g/mol. The number of nitrogens with zero attached hydrogens (tertiary/aromatic N) is 2. The van der Waals surface area contributed by atoms with Crippen LogP contribution in [0.5, 0.6) is 0 Å². The fourth-order valence-corrected chi connectivity index (χ4v) is 2.53. The van der Waals surface area contributed by atoms with E-state index in [1.807, 2.05) is 0 Å². The molecule has 21 heavy (non-hydrogen) atoms. The van der Waals surface area contributed by atoms with Gasteiger partial charge in [0.05, 0.1) is 10.5 Å². The highest BCUT2D eigenvalue weighted by atomic mass is 19.4. The number of hydrogen-bond acceptors (Lipinski definition) is 4. The first kappa shape index (κ1) is 15.6. The number of nitro groups is 1. The van der Waals surface area contributed by atoms with Gasteiger partial charge in [-0.25, -0.2) is 0 Å². The molecule has 1 aromatic carbocycles. The Bertz CT molecular complexity index is 528. The molecule has 1 N–H and O–H groups in total. The summed E-state index contributed by atoms with van der Waals surface area (Å²) >= 11 is 0. The van der Waals surface area contributed by atoms with Gasteiger partial charge >= 0.3 is 6.18 Å². The van der Waals surface area contributed by atoms with Crippen LogP contribution in [0.3, 0.4) is 0 Å². The number of non-ortho nitro benzene ring substituents is 1. The lowest BCUT2D eigenvalue weighted by Crippen LogP contribution is -2.44. The molecule has 1 heterocycles. The van der Waals surface area contributed by atoms with Gasteiger partial charge in [-0.1, -0.05) is 0 Å². The number of rotatable bonds is 3. The van der Waals surface area contributed by atoms with Gasteiger partial charge in [0.25, 0.3) is 5.69 Å². The summed E-state index contributed by atoms with van der Waals surface area (Å²) in [6.07, 6.45) is -2.95. The third-order valence-corrected chi connectivity index (χ3v) is 3.69. The Hall–Kier alpha value is -1.83. The number of alkyl halides is 3. The summed E-state index contributed by atoms with van der Waals surface area (Å²) in [4.78, 5) is 11.4. The van der Waals surface area contributed by atoms with Crippen LogP contribution in [0, 0.1) is 10.1 Å². The van der Waals surface area contributed by atoms with Crippen LogP contribution in [0.4, 0.5) is 24.5 Å². The SMILES string of the molecule is CN(c1ccc([N+](=O)[O-])cc1C(F)(F)F)C1CCCNC1. The minimum Gasteiger partial charge on any atom is -0.370 e. The molecule has 1 saturated heterocycles. The quantitative estimate of drug-likeness (QED) is 0.689. The molecule has 8 heteroatoms. The summed E-state index contributed by atoms with van der Waals surface area (Å²) in [5, 5.41) is 13.8. The molecule has 0 amide bonds. The third-order valence-electron chi connectivity index (χ3n) is 3.69. The molecule has 116 valence electrons. The van der Waals surface area contributed by atoms with Gasteiger partial charge in [-0.2, -0.15) is 13.2 Å². The van der Waals surface area contributed by atoms with Crippen molar-refractivity contribution >= 4 is 11.4 Å². The van der Waals surface area contributed by atoms with Crippen LogP contribution >= 0.6 is 0 Å². The maximum atomic E-state index is 13.2. The van der Waals surface area contributed by atoms with E-state index in [4.69, 9.17) is 0 Å². The lowest BCUT2D eigenvalue weighted by Gasteiger charge is -2.34. The van der Waals surface area contributed by atoms with Gasteiger partial charge < -0.3 is 10.2 Å². The Kier molecular flexibility index (Phi) is 4.36. The number of anilines is 1. The zero-order valence-corrected chi connectivity index (χ0v) is 11.5. The van der Waals surface area contributed by atoms with Crippen molar-refractivity contribution < 1.29 is 18.1 Å². The van der Waals surface area contributed by atoms with Crippen LogP contribution in [-0.4, -0.2) is 31.1 Å². The molecule has 0 bridgehead atoms. The van der Waals surface area contributed by atoms with Crippen molar-refractivity contribution in [1.82, 2.24) is 5.32 Å². The maximum Gasteiger partial charge on any atom is 0.418 e. The van der Waals surface area contributed by atoms with Crippen LogP contribution in [0.1, 0.15) is 18.4 Å². The number of halogens is 3. The van der Waals surface area contributed by atoms with E-state index in [9.17, 15) is 23.3 Å². The highest BCUT2D eigenvalue weighted by Gasteiger charge is 2.37. The van der Waals surface area contributed by atoms with Gasteiger partial charge in [0.2, 0.25) is 0 Å². The number of nitro benzene ring substituents is 1. The summed E-state index contributed by atoms with van der Waals surface area (Å²) in [6.45, 7) is 1.46. The Balaban J connectivity index is 2.39. The molecule has 1 aliphatic rings. The maximum absolute atomic E-state index is 13.2. The van der Waals surface area contributed by atoms with E-state index < -0.39 is 22.4 Å². The Morgan fingerprint density at radius 3 is 2.67 bits per heavy atom. The number of piperidine rings is 1. The van der Waals surface area contributed by atoms with Crippen LogP contribution in [0.15, 0.2) is 18.2 Å². The topological polar surface area (TPSA) is 58.4 Å². The van der Waals surface area contributed by atoms with Gasteiger partial charge in [0, 0.05) is 37.5 Å². The molecule has 0 aliphatic carbocycles. The van der Waals surface area contributed by atoms with Gasteiger partial charge in [-0.15, -0.1) is 0 Å². The number of hydrogen-bond donors (Lipinski definition) is 1. The highest BCUT2D eigenvalue weighted by Crippen LogP contribution is 2.39. The highest BCUT2D eigenvalue weighted by molar-refractivity contribution is 5.59. The van der Waals surface area contributed by atoms with E-state index in [1.54, 1.807) is 11.9 Å². The Morgan fingerprint density at radius 2 is 2.14 bits per heavy atom. The van der Waals surface area contributed by atoms with Gasteiger partial charge in [-0.3, -0.25) is 10.1 Å². The van der Waals surface area contributed by atoms with Crippen molar-refractivity contribution in [2.75, 3.05) is 25.0 Å². The molecule has 0 radical (unpaired) electrons. The second-order valence-electron chi connectivity index (χ2n) is 5.07. The largest absolute Gasteiger partial charge is 0.418 e. The minimum absolute atomic E-state index is 0.0261. The van der Waals surface area contributed by atoms with E-state index in [2.05, 4.69) is 5.32 Å². The molecule has 1 fully saturated rings. The molecule has 5 nitrogen and oxygen atoms in total. The summed E-state index contributed by atoms with van der Waals surface area (Å²) in [7, 11) is 1.59. The lowest BCUT2D eigenvalue weighted by molar-refractivity contribution is -0.385. The average Bonchev–Trinajstić information content (AvgIpc) is 2.46. The fraction of sp³-hybridized carbons (Fsp3) is 0.538. The lowest BCUT2D eigenvalue weighted by atomic mass is 10.0. The Morgan fingerprint density at radius 1 is 1.43 bits per heavy atom. The number of likely N-dealkylation sites (N-methyl/N-ethyl adjacent to an activating group) is 1. The Labute approximate surface area is 119 Å². The zero-order chi connectivity index (χ0) is 15.6. The standard InChI is InChI=1S/C13H16F3N3O2/c1-18(10-3-2-6-17-8-10)12-5-4-9(19(20)21)7-11(12)13(14,15)16/h4-5,7,10,17H,2-3,6,8H2,1H3. The molecular formula is C13H16F3N3O2. The first-order chi connectivity index (χ1) is 9.80. The molecule has 1 unspecified atom stereocenters. The molecule has 2 rings (SSSR count). The molecule has 1 aliphatic heterocycles. The zero-order valence-electron chi connectivity index (χ0n) is 11.5. The van der Waals surface area contributed by atoms with Crippen molar-refractivity contribution in [2.45, 2.75) is 25.1 Å². The predicted octanol–water partition coefficient (Wildman–Crippen LogP) is 2.80. The normalized spacial score (nSPS) is 19.3. The van der Waals surface area contributed by atoms with E-state index in [0.717, 1.165) is 25.5 Å². The van der Waals surface area contributed by atoms with Gasteiger partial charge in [0.15, 0.2) is 0 Å². The third kappa shape index (κ3) is 3.44. The van der Waals surface area contributed by atoms with Crippen molar-refractivity contribution in [3.8, 4) is 0 Å². The first-order valence-corrected chi connectivity index (χ1v) is 6.60. The van der Waals surface area contributed by atoms with Crippen LogP contribution < -0.4 is 10.2 Å². The molecule has 1 atom stereocenters. The molecule has 0 saturated carbocycles. The van der Waals surface area contributed by atoms with Gasteiger partial charge in [0.1, 0.15) is 0 Å². The van der Waals surface area contributed by atoms with E-state index >= 15 is 0 Å². The van der Waals surface area contributed by atoms with E-state index in [0.29, 0.717) is 12.6 Å². The summed E-state index contributed by atoms with van der Waals surface area (Å²) in [6, 6.07) is 2.83. The van der Waals surface area contributed by atoms with Crippen LogP contribution in [0.25, 0.3) is 0 Å². The van der Waals surface area contributed by atoms with Crippen molar-refractivity contribution in [3.63, 3.8) is 0 Å². The molecule has 1 aromatic rings. The average molecular weight is 303 g/mol. The second kappa shape index (κ2) is 5.88. The first-order valence-electron chi connectivity index (χ1n) is 6.60. The summed E-state index contributed by atoms with van der Waals surface area (Å²) in [5.74, 6) is 0.